The van der Waals surface area contributed by atoms with Crippen molar-refractivity contribution in [3.8, 4) is 0 Å². The summed E-state index contributed by atoms with van der Waals surface area (Å²) in [5, 5.41) is 4.76. The Morgan fingerprint density at radius 2 is 2.13 bits per heavy atom. The van der Waals surface area contributed by atoms with Crippen LogP contribution in [0.5, 0.6) is 0 Å². The molecule has 3 rings (SSSR count). The van der Waals surface area contributed by atoms with E-state index in [0.29, 0.717) is 6.04 Å². The van der Waals surface area contributed by atoms with Gasteiger partial charge in [-0.2, -0.15) is 0 Å². The summed E-state index contributed by atoms with van der Waals surface area (Å²) in [5.41, 5.74) is 2.47. The third kappa shape index (κ3) is 1.57. The molecular formula is C13H14N2. The van der Waals surface area contributed by atoms with Crippen molar-refractivity contribution in [1.82, 2.24) is 10.3 Å². The third-order valence-corrected chi connectivity index (χ3v) is 2.89. The minimum atomic E-state index is 0.353. The predicted octanol–water partition coefficient (Wildman–Crippen LogP) is 2.76. The van der Waals surface area contributed by atoms with Crippen LogP contribution < -0.4 is 5.32 Å². The quantitative estimate of drug-likeness (QED) is 0.677. The highest BCUT2D eigenvalue weighted by Crippen LogP contribution is 2.22. The van der Waals surface area contributed by atoms with Crippen LogP contribution in [-0.4, -0.2) is 11.5 Å². The summed E-state index contributed by atoms with van der Waals surface area (Å²) in [7, 11) is 0. The summed E-state index contributed by atoms with van der Waals surface area (Å²) in [4.78, 5) is 3.45. The van der Waals surface area contributed by atoms with Gasteiger partial charge in [-0.1, -0.05) is 30.4 Å². The van der Waals surface area contributed by atoms with Crippen molar-refractivity contribution < 1.29 is 0 Å². The molecule has 0 saturated carbocycles. The fourth-order valence-corrected chi connectivity index (χ4v) is 2.10. The molecular weight excluding hydrogens is 184 g/mol. The molecule has 1 unspecified atom stereocenters. The van der Waals surface area contributed by atoms with Gasteiger partial charge in [0.15, 0.2) is 0 Å². The second kappa shape index (κ2) is 3.55. The van der Waals surface area contributed by atoms with Crippen molar-refractivity contribution in [2.24, 2.45) is 0 Å². The number of aromatic nitrogens is 1. The SMILES string of the molecule is C1=CC(c2cc3ccccc3[nH]2)NCC1. The number of nitrogens with one attached hydrogen (secondary N) is 2. The molecule has 0 fully saturated rings. The van der Waals surface area contributed by atoms with Gasteiger partial charge in [-0.25, -0.2) is 0 Å². The van der Waals surface area contributed by atoms with Crippen LogP contribution in [0.25, 0.3) is 10.9 Å². The molecule has 0 saturated heterocycles. The van der Waals surface area contributed by atoms with E-state index in [1.807, 2.05) is 0 Å². The Bertz CT molecular complexity index is 463. The summed E-state index contributed by atoms with van der Waals surface area (Å²) in [6.45, 7) is 1.07. The van der Waals surface area contributed by atoms with E-state index in [1.54, 1.807) is 0 Å². The first-order chi connectivity index (χ1) is 7.43. The summed E-state index contributed by atoms with van der Waals surface area (Å²) in [6, 6.07) is 11.0. The fraction of sp³-hybridized carbons (Fsp3) is 0.231. The Balaban J connectivity index is 2.03. The number of para-hydroxylation sites is 1. The lowest BCUT2D eigenvalue weighted by atomic mass is 10.1. The molecule has 0 bridgehead atoms. The largest absolute Gasteiger partial charge is 0.357 e. The Kier molecular flexibility index (Phi) is 2.07. The maximum Gasteiger partial charge on any atom is 0.0659 e. The summed E-state index contributed by atoms with van der Waals surface area (Å²) >= 11 is 0. The maximum absolute atomic E-state index is 3.48. The molecule has 0 amide bonds. The fourth-order valence-electron chi connectivity index (χ4n) is 2.10. The molecule has 76 valence electrons. The molecule has 15 heavy (non-hydrogen) atoms. The van der Waals surface area contributed by atoms with Crippen LogP contribution >= 0.6 is 0 Å². The van der Waals surface area contributed by atoms with Crippen molar-refractivity contribution in [3.05, 3.63) is 48.2 Å². The highest BCUT2D eigenvalue weighted by Gasteiger charge is 2.11. The van der Waals surface area contributed by atoms with Crippen LogP contribution in [0.4, 0.5) is 0 Å². The lowest BCUT2D eigenvalue weighted by Crippen LogP contribution is -2.23. The Morgan fingerprint density at radius 3 is 2.93 bits per heavy atom. The second-order valence-corrected chi connectivity index (χ2v) is 3.96. The summed E-state index contributed by atoms with van der Waals surface area (Å²) < 4.78 is 0. The first kappa shape index (κ1) is 8.74. The lowest BCUT2D eigenvalue weighted by molar-refractivity contribution is 0.592. The highest BCUT2D eigenvalue weighted by atomic mass is 14.9. The average Bonchev–Trinajstić information content (AvgIpc) is 2.74. The average molecular weight is 198 g/mol. The standard InChI is InChI=1S/C13H14N2/c1-2-6-11-10(5-1)9-13(15-11)12-7-3-4-8-14-12/h1-3,5-7,9,12,14-15H,4,8H2. The molecule has 0 spiro atoms. The van der Waals surface area contributed by atoms with E-state index in [1.165, 1.54) is 16.6 Å². The Morgan fingerprint density at radius 1 is 1.20 bits per heavy atom. The predicted molar refractivity (Wildman–Crippen MR) is 62.8 cm³/mol. The first-order valence-electron chi connectivity index (χ1n) is 5.41. The van der Waals surface area contributed by atoms with Crippen molar-refractivity contribution in [3.63, 3.8) is 0 Å². The molecule has 0 aliphatic carbocycles. The molecule has 1 aliphatic rings. The van der Waals surface area contributed by atoms with Crippen molar-refractivity contribution in [2.75, 3.05) is 6.54 Å². The normalized spacial score (nSPS) is 20.9. The van der Waals surface area contributed by atoms with Gasteiger partial charge >= 0.3 is 0 Å². The third-order valence-electron chi connectivity index (χ3n) is 2.89. The number of fused-ring (bicyclic) bond motifs is 1. The van der Waals surface area contributed by atoms with E-state index in [0.717, 1.165) is 13.0 Å². The number of rotatable bonds is 1. The molecule has 2 N–H and O–H groups in total. The Labute approximate surface area is 89.0 Å². The number of benzene rings is 1. The van der Waals surface area contributed by atoms with Crippen LogP contribution in [-0.2, 0) is 0 Å². The maximum atomic E-state index is 3.48. The van der Waals surface area contributed by atoms with Gasteiger partial charge in [0.05, 0.1) is 6.04 Å². The van der Waals surface area contributed by atoms with Crippen molar-refractivity contribution in [1.29, 1.82) is 0 Å². The molecule has 1 aromatic heterocycles. The van der Waals surface area contributed by atoms with Gasteiger partial charge in [-0.05, 0) is 30.5 Å². The van der Waals surface area contributed by atoms with E-state index in [9.17, 15) is 0 Å². The number of hydrogen-bond donors (Lipinski definition) is 2. The zero-order chi connectivity index (χ0) is 10.1. The second-order valence-electron chi connectivity index (χ2n) is 3.96. The number of aromatic amines is 1. The van der Waals surface area contributed by atoms with Crippen molar-refractivity contribution in [2.45, 2.75) is 12.5 Å². The topological polar surface area (TPSA) is 27.8 Å². The lowest BCUT2D eigenvalue weighted by Gasteiger charge is -2.16. The minimum absolute atomic E-state index is 0.353. The smallest absolute Gasteiger partial charge is 0.0659 e. The first-order valence-corrected chi connectivity index (χ1v) is 5.41. The zero-order valence-electron chi connectivity index (χ0n) is 8.53. The van der Waals surface area contributed by atoms with Crippen molar-refractivity contribution >= 4 is 10.9 Å². The van der Waals surface area contributed by atoms with Gasteiger partial charge in [0, 0.05) is 11.2 Å². The van der Waals surface area contributed by atoms with Gasteiger partial charge < -0.3 is 10.3 Å². The number of H-pyrrole nitrogens is 1. The zero-order valence-corrected chi connectivity index (χ0v) is 8.53. The molecule has 2 aromatic rings. The minimum Gasteiger partial charge on any atom is -0.357 e. The van der Waals surface area contributed by atoms with Gasteiger partial charge in [0.25, 0.3) is 0 Å². The Hall–Kier alpha value is -1.54. The molecule has 1 atom stereocenters. The monoisotopic (exact) mass is 198 g/mol. The molecule has 2 nitrogen and oxygen atoms in total. The molecule has 2 heteroatoms. The highest BCUT2D eigenvalue weighted by molar-refractivity contribution is 5.80. The van der Waals surface area contributed by atoms with Crippen LogP contribution in [0.15, 0.2) is 42.5 Å². The molecule has 2 heterocycles. The van der Waals surface area contributed by atoms with E-state index in [2.05, 4.69) is 52.8 Å². The molecule has 1 aliphatic heterocycles. The van der Waals surface area contributed by atoms with Crippen LogP contribution in [0, 0.1) is 0 Å². The van der Waals surface area contributed by atoms with Gasteiger partial charge in [0.1, 0.15) is 0 Å². The van der Waals surface area contributed by atoms with Gasteiger partial charge in [-0.3, -0.25) is 0 Å². The summed E-state index contributed by atoms with van der Waals surface area (Å²) in [6.07, 6.45) is 5.61. The van der Waals surface area contributed by atoms with E-state index < -0.39 is 0 Å². The number of hydrogen-bond acceptors (Lipinski definition) is 1. The van der Waals surface area contributed by atoms with E-state index >= 15 is 0 Å². The van der Waals surface area contributed by atoms with Crippen LogP contribution in [0.3, 0.4) is 0 Å². The van der Waals surface area contributed by atoms with E-state index in [4.69, 9.17) is 0 Å². The van der Waals surface area contributed by atoms with Crippen LogP contribution in [0.2, 0.25) is 0 Å². The van der Waals surface area contributed by atoms with E-state index in [-0.39, 0.29) is 0 Å². The molecule has 1 aromatic carbocycles. The van der Waals surface area contributed by atoms with Gasteiger partial charge in [0.2, 0.25) is 0 Å². The summed E-state index contributed by atoms with van der Waals surface area (Å²) in [5.74, 6) is 0. The molecule has 0 radical (unpaired) electrons. The van der Waals surface area contributed by atoms with Crippen LogP contribution in [0.1, 0.15) is 18.2 Å². The van der Waals surface area contributed by atoms with Gasteiger partial charge in [-0.15, -0.1) is 0 Å².